The van der Waals surface area contributed by atoms with E-state index in [9.17, 15) is 40.3 Å². The van der Waals surface area contributed by atoms with E-state index in [-0.39, 0.29) is 43.7 Å². The summed E-state index contributed by atoms with van der Waals surface area (Å²) < 4.78 is 99.1. The number of hydrogen-bond acceptors (Lipinski definition) is 3. The third-order valence-corrected chi connectivity index (χ3v) is 6.07. The first-order chi connectivity index (χ1) is 14.3. The predicted octanol–water partition coefficient (Wildman–Crippen LogP) is 3.81. The summed E-state index contributed by atoms with van der Waals surface area (Å²) in [4.78, 5) is 24.9. The minimum atomic E-state index is -5.21. The van der Waals surface area contributed by atoms with Gasteiger partial charge in [-0.05, 0) is 25.0 Å². The molecule has 2 saturated heterocycles. The molecular weight excluding hydrogens is 437 g/mol. The van der Waals surface area contributed by atoms with Crippen LogP contribution in [0, 0.1) is 23.5 Å². The van der Waals surface area contributed by atoms with Gasteiger partial charge in [0.15, 0.2) is 11.6 Å². The molecule has 1 aromatic carbocycles. The molecule has 12 heteroatoms. The average molecular weight is 454 g/mol. The van der Waals surface area contributed by atoms with Crippen molar-refractivity contribution >= 4 is 12.0 Å². The van der Waals surface area contributed by atoms with Gasteiger partial charge in [-0.3, -0.25) is 4.79 Å². The summed E-state index contributed by atoms with van der Waals surface area (Å²) in [5, 5.41) is 2.64. The first kappa shape index (κ1) is 21.7. The van der Waals surface area contributed by atoms with Crippen LogP contribution in [0.2, 0.25) is 0 Å². The Labute approximate surface area is 171 Å². The third kappa shape index (κ3) is 3.80. The molecule has 5 nitrogen and oxygen atoms in total. The van der Waals surface area contributed by atoms with Crippen LogP contribution < -0.4 is 5.32 Å². The van der Waals surface area contributed by atoms with E-state index >= 15 is 0 Å². The number of nitrogens with zero attached hydrogens (tertiary/aromatic N) is 1. The van der Waals surface area contributed by atoms with Crippen LogP contribution >= 0.6 is 0 Å². The van der Waals surface area contributed by atoms with Crippen LogP contribution in [0.25, 0.3) is 0 Å². The van der Waals surface area contributed by atoms with Crippen LogP contribution in [-0.2, 0) is 21.6 Å². The highest BCUT2D eigenvalue weighted by atomic mass is 19.4. The molecule has 31 heavy (non-hydrogen) atoms. The number of halogens is 7. The monoisotopic (exact) mass is 454 g/mol. The minimum absolute atomic E-state index is 0.0223. The summed E-state index contributed by atoms with van der Waals surface area (Å²) in [6, 6.07) is 0.338. The van der Waals surface area contributed by atoms with E-state index < -0.39 is 58.8 Å². The van der Waals surface area contributed by atoms with E-state index in [1.807, 2.05) is 0 Å². The fraction of sp³-hybridized carbons (Fsp3) is 0.579. The van der Waals surface area contributed by atoms with E-state index in [1.165, 1.54) is 4.90 Å². The highest BCUT2D eigenvalue weighted by molar-refractivity contribution is 5.82. The number of alkyl carbamates (subject to hydrolysis) is 1. The summed E-state index contributed by atoms with van der Waals surface area (Å²) in [5.41, 5.74) is -3.95. The first-order valence-corrected chi connectivity index (χ1v) is 9.48. The van der Waals surface area contributed by atoms with E-state index in [0.29, 0.717) is 12.8 Å². The number of carbonyl (C=O) groups excluding carboxylic acids is 2. The third-order valence-electron chi connectivity index (χ3n) is 6.07. The van der Waals surface area contributed by atoms with Crippen LogP contribution in [0.1, 0.15) is 30.4 Å². The Hall–Kier alpha value is -2.53. The van der Waals surface area contributed by atoms with Gasteiger partial charge in [0.2, 0.25) is 5.91 Å². The number of nitrogens with one attached hydrogen (secondary N) is 1. The fourth-order valence-corrected chi connectivity index (χ4v) is 4.43. The van der Waals surface area contributed by atoms with Gasteiger partial charge in [0.25, 0.3) is 5.92 Å². The lowest BCUT2D eigenvalue weighted by molar-refractivity contribution is -0.150. The maximum atomic E-state index is 14.5. The lowest BCUT2D eigenvalue weighted by atomic mass is 9.68. The van der Waals surface area contributed by atoms with Crippen molar-refractivity contribution in [2.75, 3.05) is 19.7 Å². The van der Waals surface area contributed by atoms with Gasteiger partial charge in [-0.2, -0.15) is 13.2 Å². The molecule has 2 aliphatic heterocycles. The molecular formula is C19H17F7N2O3. The Morgan fingerprint density at radius 1 is 1.10 bits per heavy atom. The van der Waals surface area contributed by atoms with E-state index in [1.54, 1.807) is 0 Å². The molecule has 0 aromatic heterocycles. The molecule has 1 N–H and O–H groups in total. The van der Waals surface area contributed by atoms with Crippen molar-refractivity contribution in [3.63, 3.8) is 0 Å². The van der Waals surface area contributed by atoms with Gasteiger partial charge in [-0.1, -0.05) is 0 Å². The van der Waals surface area contributed by atoms with Crippen LogP contribution in [0.15, 0.2) is 12.1 Å². The Bertz CT molecular complexity index is 922. The maximum Gasteiger partial charge on any atom is 0.419 e. The second-order valence-corrected chi connectivity index (χ2v) is 8.39. The van der Waals surface area contributed by atoms with Crippen molar-refractivity contribution in [2.45, 2.75) is 36.9 Å². The van der Waals surface area contributed by atoms with Gasteiger partial charge >= 0.3 is 12.3 Å². The molecule has 1 aliphatic carbocycles. The number of amides is 2. The summed E-state index contributed by atoms with van der Waals surface area (Å²) in [7, 11) is 0. The zero-order valence-electron chi connectivity index (χ0n) is 15.9. The Kier molecular flexibility index (Phi) is 4.89. The standard InChI is InChI=1S/C19H17F7N2O3/c20-13-11(1-2-12(14(13)21)19(24,25)26)18(22,23)3-9-6-28(7-9)15(29)10-4-17(5-10)8-31-16(30)27-17/h1-2,9-10H,3-8H2,(H,27,30)/t10-,17-. The molecule has 0 unspecified atom stereocenters. The number of benzene rings is 1. The molecule has 2 amide bonds. The lowest BCUT2D eigenvalue weighted by Gasteiger charge is -2.48. The maximum absolute atomic E-state index is 14.5. The quantitative estimate of drug-likeness (QED) is 0.705. The molecule has 3 aliphatic rings. The van der Waals surface area contributed by atoms with E-state index in [4.69, 9.17) is 4.74 Å². The van der Waals surface area contributed by atoms with Gasteiger partial charge < -0.3 is 15.0 Å². The van der Waals surface area contributed by atoms with Gasteiger partial charge in [0.1, 0.15) is 6.61 Å². The van der Waals surface area contributed by atoms with E-state index in [0.717, 1.165) is 0 Å². The average Bonchev–Trinajstić information content (AvgIpc) is 2.99. The second-order valence-electron chi connectivity index (χ2n) is 8.39. The topological polar surface area (TPSA) is 58.6 Å². The Balaban J connectivity index is 1.33. The van der Waals surface area contributed by atoms with Crippen molar-refractivity contribution in [1.82, 2.24) is 10.2 Å². The molecule has 1 aromatic rings. The number of likely N-dealkylation sites (tertiary alicyclic amines) is 1. The molecule has 1 saturated carbocycles. The largest absolute Gasteiger partial charge is 0.447 e. The highest BCUT2D eigenvalue weighted by Crippen LogP contribution is 2.44. The molecule has 3 fully saturated rings. The summed E-state index contributed by atoms with van der Waals surface area (Å²) in [6.07, 6.45) is -5.93. The summed E-state index contributed by atoms with van der Waals surface area (Å²) in [6.45, 7) is 0.122. The molecule has 1 spiro atoms. The normalized spacial score (nSPS) is 26.4. The molecule has 0 atom stereocenters. The van der Waals surface area contributed by atoms with Crippen LogP contribution in [0.4, 0.5) is 35.5 Å². The van der Waals surface area contributed by atoms with Crippen LogP contribution in [-0.4, -0.2) is 42.1 Å². The number of ether oxygens (including phenoxy) is 1. The van der Waals surface area contributed by atoms with Crippen molar-refractivity contribution in [3.8, 4) is 0 Å². The summed E-state index contributed by atoms with van der Waals surface area (Å²) >= 11 is 0. The van der Waals surface area contributed by atoms with Crippen molar-refractivity contribution < 1.29 is 45.1 Å². The first-order valence-electron chi connectivity index (χ1n) is 9.48. The number of cyclic esters (lactones) is 1. The number of hydrogen-bond donors (Lipinski definition) is 1. The Morgan fingerprint density at radius 3 is 2.23 bits per heavy atom. The highest BCUT2D eigenvalue weighted by Gasteiger charge is 2.54. The zero-order valence-corrected chi connectivity index (χ0v) is 15.9. The van der Waals surface area contributed by atoms with Crippen molar-refractivity contribution in [1.29, 1.82) is 0 Å². The smallest absolute Gasteiger partial charge is 0.419 e. The van der Waals surface area contributed by atoms with Crippen LogP contribution in [0.5, 0.6) is 0 Å². The molecule has 4 rings (SSSR count). The van der Waals surface area contributed by atoms with Gasteiger partial charge in [-0.15, -0.1) is 0 Å². The van der Waals surface area contributed by atoms with Gasteiger partial charge in [-0.25, -0.2) is 22.4 Å². The predicted molar refractivity (Wildman–Crippen MR) is 89.9 cm³/mol. The number of alkyl halides is 5. The molecule has 0 bridgehead atoms. The van der Waals surface area contributed by atoms with Crippen LogP contribution in [0.3, 0.4) is 0 Å². The van der Waals surface area contributed by atoms with Crippen molar-refractivity contribution in [3.05, 3.63) is 34.9 Å². The summed E-state index contributed by atoms with van der Waals surface area (Å²) in [5.74, 6) is -9.83. The van der Waals surface area contributed by atoms with Crippen molar-refractivity contribution in [2.24, 2.45) is 11.8 Å². The Morgan fingerprint density at radius 2 is 1.68 bits per heavy atom. The number of carbonyl (C=O) groups is 2. The van der Waals surface area contributed by atoms with E-state index in [2.05, 4.69) is 5.32 Å². The zero-order chi connectivity index (χ0) is 22.8. The number of rotatable bonds is 4. The molecule has 2 heterocycles. The second kappa shape index (κ2) is 6.99. The fourth-order valence-electron chi connectivity index (χ4n) is 4.43. The van der Waals surface area contributed by atoms with Gasteiger partial charge in [0, 0.05) is 31.3 Å². The minimum Gasteiger partial charge on any atom is -0.447 e. The molecule has 170 valence electrons. The lowest BCUT2D eigenvalue weighted by Crippen LogP contribution is -2.61. The van der Waals surface area contributed by atoms with Gasteiger partial charge in [0.05, 0.1) is 16.7 Å². The SMILES string of the molecule is O=C1N[C@]2(CO1)C[C@@H](C(=O)N1CC(CC(F)(F)c3ccc(C(F)(F)F)c(F)c3F)C1)C2. The molecule has 0 radical (unpaired) electrons.